The number of nitrogens with zero attached hydrogens (tertiary/aromatic N) is 1. The molecular formula is C25H30ClN3O7S. The molecule has 2 aliphatic rings. The van der Waals surface area contributed by atoms with Crippen molar-refractivity contribution < 1.29 is 34.4 Å². The maximum atomic E-state index is 13.0. The van der Waals surface area contributed by atoms with Crippen molar-refractivity contribution in [2.45, 2.75) is 43.1 Å². The number of ether oxygens (including phenoxy) is 1. The van der Waals surface area contributed by atoms with E-state index in [0.29, 0.717) is 52.2 Å². The lowest BCUT2D eigenvalue weighted by molar-refractivity contribution is -0.173. The first-order chi connectivity index (χ1) is 17.7. The summed E-state index contributed by atoms with van der Waals surface area (Å²) in [6.07, 6.45) is -2.82. The molecule has 0 radical (unpaired) electrons. The maximum absolute atomic E-state index is 13.0. The number of aliphatic hydroxyl groups is 3. The highest BCUT2D eigenvalue weighted by molar-refractivity contribution is 7.99. The third-order valence-electron chi connectivity index (χ3n) is 6.48. The van der Waals surface area contributed by atoms with Gasteiger partial charge in [-0.1, -0.05) is 23.7 Å². The lowest BCUT2D eigenvalue weighted by Crippen LogP contribution is -2.63. The average molecular weight is 552 g/mol. The number of thioether (sulfide) groups is 1. The molecule has 0 aromatic heterocycles. The third-order valence-corrected chi connectivity index (χ3v) is 8.07. The highest BCUT2D eigenvalue weighted by Gasteiger charge is 2.44. The zero-order chi connectivity index (χ0) is 26.7. The lowest BCUT2D eigenvalue weighted by atomic mass is 9.94. The molecule has 2 aromatic rings. The molecule has 10 nitrogen and oxygen atoms in total. The van der Waals surface area contributed by atoms with Crippen molar-refractivity contribution in [3.63, 3.8) is 0 Å². The van der Waals surface area contributed by atoms with Gasteiger partial charge in [0.05, 0.1) is 12.6 Å². The maximum Gasteiger partial charge on any atom is 0.261 e. The van der Waals surface area contributed by atoms with Gasteiger partial charge in [-0.05, 0) is 36.9 Å². The van der Waals surface area contributed by atoms with Crippen molar-refractivity contribution in [3.8, 4) is 0 Å². The van der Waals surface area contributed by atoms with E-state index in [4.69, 9.17) is 16.3 Å². The van der Waals surface area contributed by atoms with Crippen LogP contribution in [-0.2, 0) is 9.53 Å². The molecule has 0 spiro atoms. The molecule has 5 atom stereocenters. The van der Waals surface area contributed by atoms with Crippen LogP contribution in [0.5, 0.6) is 0 Å². The highest BCUT2D eigenvalue weighted by atomic mass is 35.5. The molecule has 2 aromatic carbocycles. The highest BCUT2D eigenvalue weighted by Crippen LogP contribution is 2.34. The predicted octanol–water partition coefficient (Wildman–Crippen LogP) is 0.746. The van der Waals surface area contributed by atoms with E-state index in [9.17, 15) is 29.7 Å². The van der Waals surface area contributed by atoms with Gasteiger partial charge in [0, 0.05) is 46.9 Å². The largest absolute Gasteiger partial charge is 0.394 e. The van der Waals surface area contributed by atoms with E-state index in [2.05, 4.69) is 10.6 Å². The molecule has 0 bridgehead atoms. The number of hydrogen-bond donors (Lipinski definition) is 5. The molecule has 0 saturated carbocycles. The summed E-state index contributed by atoms with van der Waals surface area (Å²) in [5.41, 5.74) is 0.278. The normalized spacial score (nSPS) is 25.5. The Kier molecular flexibility index (Phi) is 9.07. The minimum absolute atomic E-state index is 0.210. The van der Waals surface area contributed by atoms with E-state index in [-0.39, 0.29) is 24.3 Å². The van der Waals surface area contributed by atoms with Crippen LogP contribution in [0.1, 0.15) is 34.1 Å². The molecule has 0 unspecified atom stereocenters. The van der Waals surface area contributed by atoms with E-state index in [1.165, 1.54) is 23.6 Å². The van der Waals surface area contributed by atoms with Crippen LogP contribution in [0.15, 0.2) is 30.3 Å². The lowest BCUT2D eigenvalue weighted by Gasteiger charge is -2.42. The molecule has 1 saturated heterocycles. The Morgan fingerprint density at radius 2 is 1.84 bits per heavy atom. The number of imide groups is 1. The fourth-order valence-electron chi connectivity index (χ4n) is 4.64. The van der Waals surface area contributed by atoms with Gasteiger partial charge >= 0.3 is 0 Å². The summed E-state index contributed by atoms with van der Waals surface area (Å²) >= 11 is 7.62. The first-order valence-electron chi connectivity index (χ1n) is 12.0. The smallest absolute Gasteiger partial charge is 0.261 e. The van der Waals surface area contributed by atoms with Gasteiger partial charge in [-0.2, -0.15) is 0 Å². The Bertz CT molecular complexity index is 1160. The average Bonchev–Trinajstić information content (AvgIpc) is 2.88. The molecule has 200 valence electrons. The van der Waals surface area contributed by atoms with E-state index in [1.807, 2.05) is 0 Å². The SMILES string of the molecule is CC(=O)N[C@@H]1[C@@H](O)[C@H](O)[C@@H](CO)O[C@H]1SCCCNCCN1C(=O)c2cccc3c(Cl)ccc(c23)C1=O. The number of rotatable bonds is 10. The van der Waals surface area contributed by atoms with Crippen LogP contribution in [0, 0.1) is 0 Å². The van der Waals surface area contributed by atoms with Crippen LogP contribution in [-0.4, -0.2) is 99.7 Å². The molecule has 37 heavy (non-hydrogen) atoms. The molecule has 2 heterocycles. The molecule has 5 N–H and O–H groups in total. The Balaban J connectivity index is 1.25. The fraction of sp³-hybridized carbons (Fsp3) is 0.480. The summed E-state index contributed by atoms with van der Waals surface area (Å²) in [7, 11) is 0. The fourth-order valence-corrected chi connectivity index (χ4v) is 6.06. The predicted molar refractivity (Wildman–Crippen MR) is 140 cm³/mol. The van der Waals surface area contributed by atoms with Crippen LogP contribution in [0.4, 0.5) is 0 Å². The third kappa shape index (κ3) is 5.78. The van der Waals surface area contributed by atoms with Gasteiger partial charge in [0.2, 0.25) is 5.91 Å². The number of hydrogen-bond acceptors (Lipinski definition) is 9. The summed E-state index contributed by atoms with van der Waals surface area (Å²) in [6, 6.07) is 7.76. The van der Waals surface area contributed by atoms with Gasteiger partial charge in [0.15, 0.2) is 0 Å². The molecule has 2 aliphatic heterocycles. The molecular weight excluding hydrogens is 522 g/mol. The molecule has 1 fully saturated rings. The van der Waals surface area contributed by atoms with Crippen LogP contribution in [0.3, 0.4) is 0 Å². The van der Waals surface area contributed by atoms with Crippen molar-refractivity contribution in [3.05, 3.63) is 46.5 Å². The van der Waals surface area contributed by atoms with Gasteiger partial charge < -0.3 is 30.7 Å². The standard InChI is InChI=1S/C25H30ClN3O7S/c1-13(31)28-20-22(33)21(32)18(12-30)36-25(20)37-11-3-8-27-9-10-29-23(34)15-5-2-4-14-17(26)7-6-16(19(14)15)24(29)35/h2,4-7,18,20-22,25,27,30,32-33H,3,8-12H2,1H3,(H,28,31)/t18-,20-,21-,22-,25+/m1/s1. The number of carbonyl (C=O) groups excluding carboxylic acids is 3. The monoisotopic (exact) mass is 551 g/mol. The summed E-state index contributed by atoms with van der Waals surface area (Å²) in [4.78, 5) is 38.8. The number of halogens is 1. The zero-order valence-corrected chi connectivity index (χ0v) is 21.8. The van der Waals surface area contributed by atoms with E-state index >= 15 is 0 Å². The second-order valence-corrected chi connectivity index (χ2v) is 10.6. The van der Waals surface area contributed by atoms with E-state index in [1.54, 1.807) is 30.3 Å². The summed E-state index contributed by atoms with van der Waals surface area (Å²) in [6.45, 7) is 2.07. The number of aliphatic hydroxyl groups excluding tert-OH is 3. The van der Waals surface area contributed by atoms with Gasteiger partial charge in [0.25, 0.3) is 11.8 Å². The van der Waals surface area contributed by atoms with Crippen LogP contribution in [0.2, 0.25) is 5.02 Å². The summed E-state index contributed by atoms with van der Waals surface area (Å²) < 4.78 is 5.70. The second-order valence-electron chi connectivity index (χ2n) is 8.99. The summed E-state index contributed by atoms with van der Waals surface area (Å²) in [5, 5.41) is 37.5. The summed E-state index contributed by atoms with van der Waals surface area (Å²) in [5.74, 6) is -0.453. The Morgan fingerprint density at radius 3 is 2.54 bits per heavy atom. The Morgan fingerprint density at radius 1 is 1.11 bits per heavy atom. The topological polar surface area (TPSA) is 148 Å². The van der Waals surface area contributed by atoms with Gasteiger partial charge in [-0.25, -0.2) is 0 Å². The minimum Gasteiger partial charge on any atom is -0.394 e. The van der Waals surface area contributed by atoms with Gasteiger partial charge in [0.1, 0.15) is 23.7 Å². The number of benzene rings is 2. The number of nitrogens with one attached hydrogen (secondary N) is 2. The van der Waals surface area contributed by atoms with Crippen molar-refractivity contribution in [1.29, 1.82) is 0 Å². The van der Waals surface area contributed by atoms with Crippen molar-refractivity contribution in [2.75, 3.05) is 32.0 Å². The van der Waals surface area contributed by atoms with Gasteiger partial charge in [-0.15, -0.1) is 11.8 Å². The second kappa shape index (κ2) is 12.1. The van der Waals surface area contributed by atoms with E-state index in [0.717, 1.165) is 0 Å². The molecule has 3 amide bonds. The quantitative estimate of drug-likeness (QED) is 0.213. The van der Waals surface area contributed by atoms with Crippen molar-refractivity contribution in [2.24, 2.45) is 0 Å². The van der Waals surface area contributed by atoms with E-state index < -0.39 is 36.4 Å². The zero-order valence-electron chi connectivity index (χ0n) is 20.2. The Labute approximate surface area is 223 Å². The van der Waals surface area contributed by atoms with Crippen molar-refractivity contribution in [1.82, 2.24) is 15.5 Å². The number of carbonyl (C=O) groups is 3. The van der Waals surface area contributed by atoms with Crippen molar-refractivity contribution >= 4 is 51.9 Å². The molecule has 0 aliphatic carbocycles. The van der Waals surface area contributed by atoms with Crippen LogP contribution >= 0.6 is 23.4 Å². The number of amides is 3. The van der Waals surface area contributed by atoms with Gasteiger partial charge in [-0.3, -0.25) is 19.3 Å². The van der Waals surface area contributed by atoms with Crippen LogP contribution < -0.4 is 10.6 Å². The molecule has 4 rings (SSSR count). The Hall–Kier alpha value is -2.25. The van der Waals surface area contributed by atoms with Crippen LogP contribution in [0.25, 0.3) is 10.8 Å². The first kappa shape index (κ1) is 27.8. The first-order valence-corrected chi connectivity index (χ1v) is 13.5. The minimum atomic E-state index is -1.31. The molecule has 12 heteroatoms.